The molecule has 0 fully saturated rings. The van der Waals surface area contributed by atoms with Crippen molar-refractivity contribution >= 4 is 17.9 Å². The van der Waals surface area contributed by atoms with Gasteiger partial charge in [-0.3, -0.25) is 14.4 Å². The number of carbonyl (C=O) groups is 3. The molecule has 0 rings (SSSR count). The third kappa shape index (κ3) is 66.8. The molecular weight excluding hydrogens is 997 g/mol. The molecule has 0 aromatic heterocycles. The average Bonchev–Trinajstić information content (AvgIpc) is 3.47. The van der Waals surface area contributed by atoms with Gasteiger partial charge >= 0.3 is 17.9 Å². The first-order valence-corrected chi connectivity index (χ1v) is 34.4. The molecule has 1 unspecified atom stereocenters. The van der Waals surface area contributed by atoms with Crippen LogP contribution in [0.5, 0.6) is 0 Å². The van der Waals surface area contributed by atoms with Crippen LogP contribution < -0.4 is 0 Å². The van der Waals surface area contributed by atoms with Crippen LogP contribution in [0.25, 0.3) is 0 Å². The van der Waals surface area contributed by atoms with Crippen LogP contribution >= 0.6 is 0 Å². The van der Waals surface area contributed by atoms with Gasteiger partial charge in [0.05, 0.1) is 0 Å². The van der Waals surface area contributed by atoms with E-state index in [1.54, 1.807) is 0 Å². The summed E-state index contributed by atoms with van der Waals surface area (Å²) in [6.07, 6.45) is 93.9. The van der Waals surface area contributed by atoms with Crippen molar-refractivity contribution < 1.29 is 28.6 Å². The molecular formula is C75H128O6. The van der Waals surface area contributed by atoms with Crippen molar-refractivity contribution in [1.82, 2.24) is 0 Å². The maximum absolute atomic E-state index is 12.9. The van der Waals surface area contributed by atoms with Crippen LogP contribution in [-0.4, -0.2) is 37.2 Å². The Morgan fingerprint density at radius 3 is 0.765 bits per heavy atom. The topological polar surface area (TPSA) is 78.9 Å². The van der Waals surface area contributed by atoms with Crippen molar-refractivity contribution in [3.63, 3.8) is 0 Å². The lowest BCUT2D eigenvalue weighted by Gasteiger charge is -2.18. The molecule has 0 bridgehead atoms. The second-order valence-corrected chi connectivity index (χ2v) is 22.7. The van der Waals surface area contributed by atoms with Gasteiger partial charge in [0.15, 0.2) is 6.10 Å². The molecule has 6 nitrogen and oxygen atoms in total. The smallest absolute Gasteiger partial charge is 0.306 e. The number of rotatable bonds is 62. The Labute approximate surface area is 501 Å². The number of esters is 3. The highest BCUT2D eigenvalue weighted by Crippen LogP contribution is 2.17. The summed E-state index contributed by atoms with van der Waals surface area (Å²) in [5, 5.41) is 0. The van der Waals surface area contributed by atoms with Gasteiger partial charge in [0.25, 0.3) is 0 Å². The van der Waals surface area contributed by atoms with E-state index in [2.05, 4.69) is 130 Å². The predicted octanol–water partition coefficient (Wildman–Crippen LogP) is 23.8. The summed E-state index contributed by atoms with van der Waals surface area (Å²) in [5.41, 5.74) is 0. The van der Waals surface area contributed by atoms with Gasteiger partial charge in [-0.25, -0.2) is 0 Å². The second-order valence-electron chi connectivity index (χ2n) is 22.7. The molecule has 464 valence electrons. The van der Waals surface area contributed by atoms with E-state index < -0.39 is 6.10 Å². The summed E-state index contributed by atoms with van der Waals surface area (Å²) >= 11 is 0. The fraction of sp³-hybridized carbons (Fsp3) is 0.720. The van der Waals surface area contributed by atoms with E-state index in [-0.39, 0.29) is 31.1 Å². The zero-order chi connectivity index (χ0) is 58.5. The van der Waals surface area contributed by atoms with Crippen molar-refractivity contribution in [2.45, 2.75) is 335 Å². The molecule has 0 saturated heterocycles. The average molecular weight is 1130 g/mol. The first-order valence-electron chi connectivity index (χ1n) is 34.4. The third-order valence-electron chi connectivity index (χ3n) is 14.8. The van der Waals surface area contributed by atoms with Crippen LogP contribution in [-0.2, 0) is 28.6 Å². The van der Waals surface area contributed by atoms with Crippen molar-refractivity contribution in [2.75, 3.05) is 13.2 Å². The van der Waals surface area contributed by atoms with Crippen LogP contribution in [0.2, 0.25) is 0 Å². The van der Waals surface area contributed by atoms with Gasteiger partial charge in [0.2, 0.25) is 0 Å². The van der Waals surface area contributed by atoms with Crippen molar-refractivity contribution in [1.29, 1.82) is 0 Å². The van der Waals surface area contributed by atoms with Crippen molar-refractivity contribution in [3.8, 4) is 0 Å². The lowest BCUT2D eigenvalue weighted by molar-refractivity contribution is -0.167. The van der Waals surface area contributed by atoms with Crippen molar-refractivity contribution in [3.05, 3.63) is 109 Å². The van der Waals surface area contributed by atoms with Gasteiger partial charge in [-0.15, -0.1) is 0 Å². The highest BCUT2D eigenvalue weighted by atomic mass is 16.6. The molecule has 0 amide bonds. The molecule has 0 aliphatic rings. The molecule has 0 aromatic rings. The molecule has 0 spiro atoms. The summed E-state index contributed by atoms with van der Waals surface area (Å²) < 4.78 is 16.9. The first kappa shape index (κ1) is 77.1. The van der Waals surface area contributed by atoms with Gasteiger partial charge < -0.3 is 14.2 Å². The molecule has 6 heteroatoms. The van der Waals surface area contributed by atoms with Crippen molar-refractivity contribution in [2.24, 2.45) is 0 Å². The Kier molecular flexibility index (Phi) is 65.2. The quantitative estimate of drug-likeness (QED) is 0.0261. The normalized spacial score (nSPS) is 12.8. The highest BCUT2D eigenvalue weighted by molar-refractivity contribution is 5.71. The summed E-state index contributed by atoms with van der Waals surface area (Å²) in [4.78, 5) is 38.4. The number of ether oxygens (including phenoxy) is 3. The van der Waals surface area contributed by atoms with Crippen LogP contribution in [0.1, 0.15) is 329 Å². The largest absolute Gasteiger partial charge is 0.462 e. The van der Waals surface area contributed by atoms with E-state index in [0.29, 0.717) is 19.3 Å². The van der Waals surface area contributed by atoms with Gasteiger partial charge in [0, 0.05) is 19.3 Å². The number of carbonyl (C=O) groups excluding carboxylic acids is 3. The molecule has 0 saturated carbocycles. The van der Waals surface area contributed by atoms with E-state index in [0.717, 1.165) is 128 Å². The van der Waals surface area contributed by atoms with E-state index in [9.17, 15) is 14.4 Å². The van der Waals surface area contributed by atoms with Crippen LogP contribution in [0.3, 0.4) is 0 Å². The number of allylic oxidation sites excluding steroid dienone is 18. The van der Waals surface area contributed by atoms with Gasteiger partial charge in [0.1, 0.15) is 13.2 Å². The number of unbranched alkanes of at least 4 members (excludes halogenated alkanes) is 33. The Hall–Kier alpha value is -3.93. The Morgan fingerprint density at radius 1 is 0.259 bits per heavy atom. The van der Waals surface area contributed by atoms with Crippen LogP contribution in [0, 0.1) is 0 Å². The lowest BCUT2D eigenvalue weighted by Crippen LogP contribution is -2.30. The van der Waals surface area contributed by atoms with Gasteiger partial charge in [-0.05, 0) is 109 Å². The van der Waals surface area contributed by atoms with E-state index in [1.807, 2.05) is 0 Å². The zero-order valence-corrected chi connectivity index (χ0v) is 53.3. The van der Waals surface area contributed by atoms with Crippen LogP contribution in [0.15, 0.2) is 109 Å². The Bertz CT molecular complexity index is 1620. The number of hydrogen-bond donors (Lipinski definition) is 0. The lowest BCUT2D eigenvalue weighted by atomic mass is 10.0. The zero-order valence-electron chi connectivity index (χ0n) is 53.3. The first-order chi connectivity index (χ1) is 40.0. The third-order valence-corrected chi connectivity index (χ3v) is 14.8. The van der Waals surface area contributed by atoms with Gasteiger partial charge in [-0.2, -0.15) is 0 Å². The number of hydrogen-bond acceptors (Lipinski definition) is 6. The van der Waals surface area contributed by atoms with E-state index >= 15 is 0 Å². The molecule has 0 heterocycles. The second kappa shape index (κ2) is 68.6. The SMILES string of the molecule is CC/C=C\C/C=C\C/C=C\C/C=C\C/C=C\C/C=C\C/C=C\C/C=C\CCCCCCC(=O)OCC(COC(=O)CCCCCCC/C=C\CCCCCCCC)OC(=O)CCCCCCCCCCCCCCCCCCCCC. The van der Waals surface area contributed by atoms with E-state index in [1.165, 1.54) is 161 Å². The minimum Gasteiger partial charge on any atom is -0.462 e. The van der Waals surface area contributed by atoms with Gasteiger partial charge in [-0.1, -0.05) is 310 Å². The van der Waals surface area contributed by atoms with Crippen LogP contribution in [0.4, 0.5) is 0 Å². The molecule has 0 radical (unpaired) electrons. The predicted molar refractivity (Wildman–Crippen MR) is 353 cm³/mol. The fourth-order valence-electron chi connectivity index (χ4n) is 9.63. The molecule has 0 aromatic carbocycles. The monoisotopic (exact) mass is 1120 g/mol. The highest BCUT2D eigenvalue weighted by Gasteiger charge is 2.19. The minimum atomic E-state index is -0.793. The molecule has 81 heavy (non-hydrogen) atoms. The van der Waals surface area contributed by atoms with E-state index in [4.69, 9.17) is 14.2 Å². The molecule has 0 aliphatic heterocycles. The Balaban J connectivity index is 4.39. The summed E-state index contributed by atoms with van der Waals surface area (Å²) in [7, 11) is 0. The standard InChI is InChI=1S/C75H128O6/c1-4-7-10-13-16-19-22-25-28-30-32-33-34-35-36-37-38-39-40-41-43-44-47-50-53-56-59-62-65-68-74(77)80-71-72(70-79-73(76)67-64-61-58-55-52-49-46-27-24-21-18-15-12-9-6-3)81-75(78)69-66-63-60-57-54-51-48-45-42-31-29-26-23-20-17-14-11-8-5-2/h7,10,16,19,25,27-28,32-33,35-36,38-39,41,43,46-47,50,72H,4-6,8-9,11-15,17-18,20-24,26,29-31,34,37,40,42,44-45,48-49,51-71H2,1-3H3/b10-7-,19-16-,28-25-,33-32-,36-35-,39-38-,43-41-,46-27-,50-47-. The summed E-state index contributed by atoms with van der Waals surface area (Å²) in [6, 6.07) is 0. The maximum atomic E-state index is 12.9. The fourth-order valence-corrected chi connectivity index (χ4v) is 9.63. The summed E-state index contributed by atoms with van der Waals surface area (Å²) in [5.74, 6) is -0.908. The minimum absolute atomic E-state index is 0.0884. The Morgan fingerprint density at radius 2 is 0.481 bits per heavy atom. The molecule has 0 N–H and O–H groups in total. The maximum Gasteiger partial charge on any atom is 0.306 e. The molecule has 0 aliphatic carbocycles. The summed E-state index contributed by atoms with van der Waals surface area (Å²) in [6.45, 7) is 6.53. The molecule has 1 atom stereocenters.